The second-order valence-electron chi connectivity index (χ2n) is 25.7. The minimum atomic E-state index is -0.433. The zero-order valence-electron chi connectivity index (χ0n) is 53.6. The molecule has 5 heteroatoms. The van der Waals surface area contributed by atoms with Crippen LogP contribution >= 0.6 is 0 Å². The highest BCUT2D eigenvalue weighted by atomic mass is 16.5. The number of ether oxygens (including phenoxy) is 1. The van der Waals surface area contributed by atoms with E-state index in [1.54, 1.807) is 6.07 Å². The van der Waals surface area contributed by atoms with E-state index in [1.165, 1.54) is 33.4 Å². The standard InChI is InChI=1S/C76H72N4O/c1-73(2,3)57-40-55(41-58(44-57)74(4,5)6)53-37-52(38-54(39-53)56-42-59(75(7,8)9)45-60(43-56)76(10,11)12)51-33-36-72(77-48-51)80-68-30-19-17-28-65(68)66-35-34-63(47-71(66)80)81-62-26-22-25-61(46-62)78-49-79(70-32-21-20-31-69(70)78)67-29-18-16-27-64(67)50-23-14-13-15-24-50/h13-48H,1-12H3/i13D,14D,15D,23D,24D. The first kappa shape index (κ1) is 47.1. The molecule has 0 saturated carbocycles. The molecule has 0 aliphatic rings. The summed E-state index contributed by atoms with van der Waals surface area (Å²) in [5.74, 6) is 2.05. The van der Waals surface area contributed by atoms with Crippen molar-refractivity contribution in [1.82, 2.24) is 14.1 Å². The number of hydrogen-bond acceptors (Lipinski definition) is 2. The summed E-state index contributed by atoms with van der Waals surface area (Å²) in [4.78, 5) is 5.31. The largest absolute Gasteiger partial charge is 0.458 e. The SMILES string of the molecule is [2H]c1c([2H])c([2H])c(-c2ccccc2-[n+]2[c-]n(-c3cccc(Oc4ccc5c6ccccc6n(-c6ccc(-c7cc(-c8cc(C(C)(C)C)cc(C(C)(C)C)c8)cc(-c8cc(C(C)(C)C)cc(C(C)(C)C)c8)c7)cn6)c5c4)c3)c3ccccc32)c([2H])c1[2H]. The average molecular weight is 1060 g/mol. The molecule has 0 saturated heterocycles. The Kier molecular flexibility index (Phi) is 11.7. The smallest absolute Gasteiger partial charge is 0.269 e. The van der Waals surface area contributed by atoms with Crippen LogP contribution in [0.3, 0.4) is 0 Å². The van der Waals surface area contributed by atoms with Gasteiger partial charge in [-0.25, -0.2) is 4.98 Å². The van der Waals surface area contributed by atoms with Gasteiger partial charge in [-0.1, -0.05) is 216 Å². The number of hydrogen-bond donors (Lipinski definition) is 0. The Labute approximate surface area is 485 Å². The third-order valence-corrected chi connectivity index (χ3v) is 15.7. The molecule has 3 heterocycles. The highest BCUT2D eigenvalue weighted by molar-refractivity contribution is 6.09. The minimum absolute atomic E-state index is 0.0469. The van der Waals surface area contributed by atoms with Crippen LogP contribution in [0.5, 0.6) is 11.5 Å². The second-order valence-corrected chi connectivity index (χ2v) is 25.7. The maximum Gasteiger partial charge on any atom is 0.269 e. The van der Waals surface area contributed by atoms with E-state index in [2.05, 4.69) is 197 Å². The Morgan fingerprint density at radius 3 is 1.57 bits per heavy atom. The zero-order valence-corrected chi connectivity index (χ0v) is 48.6. The van der Waals surface area contributed by atoms with Crippen LogP contribution in [0.4, 0.5) is 0 Å². The van der Waals surface area contributed by atoms with Gasteiger partial charge in [-0.15, -0.1) is 0 Å². The zero-order chi connectivity index (χ0) is 60.9. The van der Waals surface area contributed by atoms with Gasteiger partial charge in [0.15, 0.2) is 0 Å². The summed E-state index contributed by atoms with van der Waals surface area (Å²) in [6.07, 6.45) is 5.56. The highest BCUT2D eigenvalue weighted by Crippen LogP contribution is 2.42. The Hall–Kier alpha value is -8.80. The summed E-state index contributed by atoms with van der Waals surface area (Å²) in [6, 6.07) is 61.8. The number of benzene rings is 9. The molecule has 9 aromatic carbocycles. The third-order valence-electron chi connectivity index (χ3n) is 15.7. The highest BCUT2D eigenvalue weighted by Gasteiger charge is 2.25. The molecule has 0 aliphatic heterocycles. The lowest BCUT2D eigenvalue weighted by molar-refractivity contribution is -0.571. The monoisotopic (exact) mass is 1060 g/mol. The van der Waals surface area contributed by atoms with Crippen molar-refractivity contribution >= 4 is 32.8 Å². The maximum atomic E-state index is 8.83. The summed E-state index contributed by atoms with van der Waals surface area (Å²) in [6.45, 7) is 27.6. The van der Waals surface area contributed by atoms with Crippen molar-refractivity contribution in [2.24, 2.45) is 0 Å². The van der Waals surface area contributed by atoms with E-state index in [-0.39, 0.29) is 51.4 Å². The van der Waals surface area contributed by atoms with Gasteiger partial charge in [0.1, 0.15) is 17.3 Å². The van der Waals surface area contributed by atoms with Crippen molar-refractivity contribution in [3.63, 3.8) is 0 Å². The van der Waals surface area contributed by atoms with Crippen molar-refractivity contribution in [3.8, 4) is 73.2 Å². The van der Waals surface area contributed by atoms with Crippen LogP contribution in [0.1, 0.15) is 112 Å². The lowest BCUT2D eigenvalue weighted by Gasteiger charge is -2.27. The molecule has 12 rings (SSSR count). The molecule has 0 radical (unpaired) electrons. The molecule has 0 atom stereocenters. The van der Waals surface area contributed by atoms with E-state index in [0.29, 0.717) is 22.7 Å². The molecule has 81 heavy (non-hydrogen) atoms. The summed E-state index contributed by atoms with van der Waals surface area (Å²) in [7, 11) is 0. The fourth-order valence-electron chi connectivity index (χ4n) is 10.9. The van der Waals surface area contributed by atoms with Crippen LogP contribution in [-0.2, 0) is 21.7 Å². The molecule has 402 valence electrons. The van der Waals surface area contributed by atoms with Crippen LogP contribution in [0.2, 0.25) is 0 Å². The second kappa shape index (κ2) is 20.1. The summed E-state index contributed by atoms with van der Waals surface area (Å²) < 4.78 is 55.6. The Bertz CT molecular complexity index is 4470. The lowest BCUT2D eigenvalue weighted by atomic mass is 9.78. The number of para-hydroxylation sites is 4. The van der Waals surface area contributed by atoms with E-state index >= 15 is 0 Å². The van der Waals surface area contributed by atoms with Gasteiger partial charge in [-0.2, -0.15) is 0 Å². The maximum absolute atomic E-state index is 8.83. The first-order valence-corrected chi connectivity index (χ1v) is 28.1. The van der Waals surface area contributed by atoms with Crippen LogP contribution < -0.4 is 9.30 Å². The summed E-state index contributed by atoms with van der Waals surface area (Å²) in [5, 5.41) is 2.18. The Morgan fingerprint density at radius 2 is 0.963 bits per heavy atom. The van der Waals surface area contributed by atoms with Crippen molar-refractivity contribution in [2.45, 2.75) is 105 Å². The molecule has 0 N–H and O–H groups in total. The number of pyridine rings is 1. The molecule has 3 aromatic heterocycles. The van der Waals surface area contributed by atoms with Gasteiger partial charge in [0.25, 0.3) is 6.33 Å². The topological polar surface area (TPSA) is 35.9 Å². The van der Waals surface area contributed by atoms with Crippen molar-refractivity contribution < 1.29 is 16.2 Å². The van der Waals surface area contributed by atoms with Crippen molar-refractivity contribution in [1.29, 1.82) is 0 Å². The Balaban J connectivity index is 0.930. The molecule has 0 amide bonds. The van der Waals surface area contributed by atoms with Gasteiger partial charge in [0.2, 0.25) is 0 Å². The number of imidazole rings is 1. The molecule has 0 fully saturated rings. The van der Waals surface area contributed by atoms with Crippen LogP contribution in [-0.4, -0.2) is 14.1 Å². The molecule has 0 unspecified atom stereocenters. The number of aromatic nitrogens is 4. The van der Waals surface area contributed by atoms with Crippen LogP contribution in [0.15, 0.2) is 218 Å². The molecular weight excluding hydrogens is 985 g/mol. The van der Waals surface area contributed by atoms with Gasteiger partial charge in [0.05, 0.1) is 40.3 Å². The van der Waals surface area contributed by atoms with Crippen LogP contribution in [0, 0.1) is 6.33 Å². The van der Waals surface area contributed by atoms with Crippen molar-refractivity contribution in [2.75, 3.05) is 0 Å². The summed E-state index contributed by atoms with van der Waals surface area (Å²) in [5.41, 5.74) is 17.6. The third kappa shape index (κ3) is 10.4. The lowest BCUT2D eigenvalue weighted by Crippen LogP contribution is -2.30. The fourth-order valence-corrected chi connectivity index (χ4v) is 10.9. The Morgan fingerprint density at radius 1 is 0.432 bits per heavy atom. The quantitative estimate of drug-likeness (QED) is 0.107. The minimum Gasteiger partial charge on any atom is -0.458 e. The van der Waals surface area contributed by atoms with E-state index in [1.807, 2.05) is 88.1 Å². The van der Waals surface area contributed by atoms with Crippen molar-refractivity contribution in [3.05, 3.63) is 247 Å². The fraction of sp³-hybridized carbons (Fsp3) is 0.211. The molecule has 0 bridgehead atoms. The van der Waals surface area contributed by atoms with Gasteiger partial charge >= 0.3 is 0 Å². The van der Waals surface area contributed by atoms with E-state index < -0.39 is 6.04 Å². The molecule has 0 aliphatic carbocycles. The molecule has 5 nitrogen and oxygen atoms in total. The normalized spacial score (nSPS) is 13.3. The van der Waals surface area contributed by atoms with Gasteiger partial charge < -0.3 is 4.74 Å². The predicted molar refractivity (Wildman–Crippen MR) is 339 cm³/mol. The van der Waals surface area contributed by atoms with Gasteiger partial charge in [-0.3, -0.25) is 13.7 Å². The van der Waals surface area contributed by atoms with E-state index in [4.69, 9.17) is 16.6 Å². The first-order valence-electron chi connectivity index (χ1n) is 30.6. The van der Waals surface area contributed by atoms with Gasteiger partial charge in [-0.05, 0) is 156 Å². The van der Waals surface area contributed by atoms with E-state index in [0.717, 1.165) is 66.6 Å². The number of fused-ring (bicyclic) bond motifs is 4. The average Bonchev–Trinajstić information content (AvgIpc) is 1.73. The molecule has 12 aromatic rings. The predicted octanol–water partition coefficient (Wildman–Crippen LogP) is 19.8. The first-order chi connectivity index (χ1) is 40.7. The van der Waals surface area contributed by atoms with E-state index in [9.17, 15) is 0 Å². The molecule has 0 spiro atoms. The summed E-state index contributed by atoms with van der Waals surface area (Å²) >= 11 is 0. The molecular formula is C76H72N4O. The van der Waals surface area contributed by atoms with Crippen LogP contribution in [0.25, 0.3) is 94.5 Å². The van der Waals surface area contributed by atoms with Gasteiger partial charge in [0, 0.05) is 28.6 Å². The number of nitrogens with zero attached hydrogens (tertiary/aromatic N) is 4. The number of rotatable bonds is 9.